The van der Waals surface area contributed by atoms with Gasteiger partial charge in [-0.2, -0.15) is 0 Å². The monoisotopic (exact) mass is 636 g/mol. The van der Waals surface area contributed by atoms with Crippen LogP contribution in [0.25, 0.3) is 11.2 Å². The predicted octanol–water partition coefficient (Wildman–Crippen LogP) is -2.80. The quantitative estimate of drug-likeness (QED) is 0.155. The molecule has 21 nitrogen and oxygen atoms in total. The Bertz CT molecular complexity index is 1770. The fourth-order valence-corrected chi connectivity index (χ4v) is 6.68. The Morgan fingerprint density at radius 2 is 1.55 bits per heavy atom. The SMILES string of the molecule is O=c1ccn([C@@H]2O[C@@H]3COP(=O)(O)O[C@H]4[C@@H](O)[C@H](n5cnc6c(=O)[nH]cnc65)O[C@@H]4COP(=O)(O)O[C@@H]2[C@@H]3O)c(=O)[nH]1. The molecule has 3 saturated heterocycles. The van der Waals surface area contributed by atoms with Crippen molar-refractivity contribution < 1.29 is 56.7 Å². The van der Waals surface area contributed by atoms with Crippen LogP contribution in [-0.2, 0) is 36.7 Å². The number of phosphoric acid groups is 2. The van der Waals surface area contributed by atoms with Crippen molar-refractivity contribution in [2.75, 3.05) is 13.2 Å². The Labute approximate surface area is 231 Å². The molecule has 3 fully saturated rings. The second kappa shape index (κ2) is 10.7. The van der Waals surface area contributed by atoms with Crippen LogP contribution in [0, 0.1) is 0 Å². The second-order valence-electron chi connectivity index (χ2n) is 9.35. The lowest BCUT2D eigenvalue weighted by Crippen LogP contribution is -2.39. The number of phosphoric ester groups is 2. The molecule has 6 N–H and O–H groups in total. The largest absolute Gasteiger partial charge is 0.472 e. The molecule has 0 saturated carbocycles. The highest BCUT2D eigenvalue weighted by Gasteiger charge is 2.53. The summed E-state index contributed by atoms with van der Waals surface area (Å²) in [6, 6.07) is 0.940. The fourth-order valence-electron chi connectivity index (χ4n) is 4.79. The number of ether oxygens (including phenoxy) is 2. The van der Waals surface area contributed by atoms with Gasteiger partial charge in [-0.25, -0.2) is 23.9 Å². The third kappa shape index (κ3) is 5.34. The lowest BCUT2D eigenvalue weighted by Gasteiger charge is -2.25. The molecule has 0 aliphatic carbocycles. The van der Waals surface area contributed by atoms with Gasteiger partial charge < -0.3 is 34.5 Å². The molecule has 6 rings (SSSR count). The number of aliphatic hydroxyl groups is 2. The van der Waals surface area contributed by atoms with Gasteiger partial charge >= 0.3 is 21.3 Å². The first-order valence-electron chi connectivity index (χ1n) is 12.0. The Morgan fingerprint density at radius 3 is 2.26 bits per heavy atom. The summed E-state index contributed by atoms with van der Waals surface area (Å²) in [4.78, 5) is 69.0. The van der Waals surface area contributed by atoms with Crippen LogP contribution in [0.3, 0.4) is 0 Å². The molecule has 0 amide bonds. The van der Waals surface area contributed by atoms with Crippen LogP contribution in [0.15, 0.2) is 39.3 Å². The smallest absolute Gasteiger partial charge is 0.387 e. The Morgan fingerprint density at radius 1 is 0.881 bits per heavy atom. The van der Waals surface area contributed by atoms with Crippen molar-refractivity contribution in [2.45, 2.75) is 49.1 Å². The number of hydrogen-bond donors (Lipinski definition) is 6. The number of hydrogen-bond acceptors (Lipinski definition) is 15. The maximum Gasteiger partial charge on any atom is 0.472 e. The zero-order chi connectivity index (χ0) is 30.0. The van der Waals surface area contributed by atoms with E-state index >= 15 is 0 Å². The third-order valence-corrected chi connectivity index (χ3v) is 8.67. The minimum absolute atomic E-state index is 0.0247. The number of H-pyrrole nitrogens is 2. The minimum atomic E-state index is -5.14. The van der Waals surface area contributed by atoms with E-state index in [9.17, 15) is 43.5 Å². The van der Waals surface area contributed by atoms with Crippen LogP contribution in [-0.4, -0.2) is 98.9 Å². The first-order chi connectivity index (χ1) is 19.8. The molecule has 3 aliphatic heterocycles. The molecule has 10 atom stereocenters. The number of rotatable bonds is 2. The Hall–Kier alpha value is -2.91. The first-order valence-corrected chi connectivity index (χ1v) is 15.0. The van der Waals surface area contributed by atoms with Crippen molar-refractivity contribution in [2.24, 2.45) is 0 Å². The third-order valence-electron chi connectivity index (χ3n) is 6.70. The number of aromatic amines is 2. The molecule has 3 aromatic rings. The summed E-state index contributed by atoms with van der Waals surface area (Å²) in [7, 11) is -10.2. The van der Waals surface area contributed by atoms with Gasteiger partial charge in [-0.15, -0.1) is 0 Å². The predicted molar refractivity (Wildman–Crippen MR) is 131 cm³/mol. The molecule has 23 heteroatoms. The highest BCUT2D eigenvalue weighted by atomic mass is 31.2. The summed E-state index contributed by atoms with van der Waals surface area (Å²) in [6.07, 6.45) is -10.0. The van der Waals surface area contributed by atoms with Gasteiger partial charge in [-0.05, 0) is 0 Å². The van der Waals surface area contributed by atoms with Crippen LogP contribution >= 0.6 is 15.6 Å². The lowest BCUT2D eigenvalue weighted by molar-refractivity contribution is -0.0694. The molecule has 3 aromatic heterocycles. The summed E-state index contributed by atoms with van der Waals surface area (Å²) in [6.45, 7) is -1.75. The Balaban J connectivity index is 1.32. The summed E-state index contributed by atoms with van der Waals surface area (Å²) in [5.41, 5.74) is -2.51. The summed E-state index contributed by atoms with van der Waals surface area (Å²) < 4.78 is 59.4. The normalized spacial score (nSPS) is 39.3. The van der Waals surface area contributed by atoms with E-state index in [-0.39, 0.29) is 11.2 Å². The molecule has 2 unspecified atom stereocenters. The van der Waals surface area contributed by atoms with Gasteiger partial charge in [0.1, 0.15) is 36.6 Å². The molecule has 6 heterocycles. The van der Waals surface area contributed by atoms with Crippen molar-refractivity contribution in [3.05, 3.63) is 56.1 Å². The van der Waals surface area contributed by atoms with Crippen molar-refractivity contribution >= 4 is 26.8 Å². The molecule has 0 radical (unpaired) electrons. The van der Waals surface area contributed by atoms with Crippen LogP contribution in [0.5, 0.6) is 0 Å². The van der Waals surface area contributed by atoms with E-state index < -0.39 is 94.7 Å². The van der Waals surface area contributed by atoms with Crippen molar-refractivity contribution in [1.29, 1.82) is 0 Å². The summed E-state index contributed by atoms with van der Waals surface area (Å²) >= 11 is 0. The number of fused-ring (bicyclic) bond motifs is 4. The average Bonchev–Trinajstić information content (AvgIpc) is 3.57. The van der Waals surface area contributed by atoms with Crippen molar-refractivity contribution in [3.63, 3.8) is 0 Å². The lowest BCUT2D eigenvalue weighted by atomic mass is 10.1. The number of aliphatic hydroxyl groups excluding tert-OH is 2. The van der Waals surface area contributed by atoms with E-state index in [1.807, 2.05) is 4.98 Å². The van der Waals surface area contributed by atoms with E-state index in [0.717, 1.165) is 34.1 Å². The van der Waals surface area contributed by atoms with Gasteiger partial charge in [0.15, 0.2) is 23.6 Å². The van der Waals surface area contributed by atoms with Gasteiger partial charge in [0, 0.05) is 12.3 Å². The maximum atomic E-state index is 13.0. The number of nitrogens with one attached hydrogen (secondary N) is 2. The molecule has 42 heavy (non-hydrogen) atoms. The van der Waals surface area contributed by atoms with Crippen LogP contribution in [0.2, 0.25) is 0 Å². The molecule has 0 spiro atoms. The first kappa shape index (κ1) is 29.2. The highest BCUT2D eigenvalue weighted by molar-refractivity contribution is 7.47. The van der Waals surface area contributed by atoms with Crippen LogP contribution in [0.4, 0.5) is 0 Å². The number of aromatic nitrogens is 6. The van der Waals surface area contributed by atoms with Gasteiger partial charge in [-0.1, -0.05) is 0 Å². The zero-order valence-electron chi connectivity index (χ0n) is 20.8. The maximum absolute atomic E-state index is 13.0. The van der Waals surface area contributed by atoms with E-state index in [1.54, 1.807) is 0 Å². The second-order valence-corrected chi connectivity index (χ2v) is 12.2. The topological polar surface area (TPSA) is 289 Å². The minimum Gasteiger partial charge on any atom is -0.387 e. The van der Waals surface area contributed by atoms with Gasteiger partial charge in [0.2, 0.25) is 0 Å². The molecular weight excluding hydrogens is 614 g/mol. The van der Waals surface area contributed by atoms with Crippen molar-refractivity contribution in [3.8, 4) is 0 Å². The zero-order valence-corrected chi connectivity index (χ0v) is 22.6. The molecule has 228 valence electrons. The van der Waals surface area contributed by atoms with Gasteiger partial charge in [0.05, 0.1) is 25.9 Å². The Kier molecular flexibility index (Phi) is 7.41. The molecular formula is C19H22N6O15P2. The van der Waals surface area contributed by atoms with E-state index in [1.165, 1.54) is 0 Å². The van der Waals surface area contributed by atoms with Crippen molar-refractivity contribution in [1.82, 2.24) is 29.1 Å². The van der Waals surface area contributed by atoms with Crippen LogP contribution < -0.4 is 16.8 Å². The van der Waals surface area contributed by atoms with Gasteiger partial charge in [0.25, 0.3) is 11.1 Å². The van der Waals surface area contributed by atoms with E-state index in [0.29, 0.717) is 0 Å². The molecule has 0 aromatic carbocycles. The van der Waals surface area contributed by atoms with Crippen LogP contribution in [0.1, 0.15) is 12.5 Å². The standard InChI is InChI=1S/C19H22N6O15P2/c26-9-1-2-24(19(30)23-9)18-14-11(27)7(37-18)3-35-41(31,32)39-13-8(4-36-42(33,34)40-14)38-17(12(13)28)25-6-22-10-15(25)20-5-21-16(10)29/h1-2,5-8,11-14,17-18,27-28H,3-4H2,(H,31,32)(H,33,34)(H,20,21,29)(H,23,26,30)/t7-,8-,11-,12-,13-,14-,17-,18-/m1/s1. The number of nitrogens with zero attached hydrogens (tertiary/aromatic N) is 4. The molecule has 2 bridgehead atoms. The van der Waals surface area contributed by atoms with E-state index in [2.05, 4.69) is 15.0 Å². The molecule has 3 aliphatic rings. The fraction of sp³-hybridized carbons (Fsp3) is 0.526. The summed E-state index contributed by atoms with van der Waals surface area (Å²) in [5, 5.41) is 21.8. The van der Waals surface area contributed by atoms with E-state index in [4.69, 9.17) is 27.6 Å². The number of imidazole rings is 1. The van der Waals surface area contributed by atoms with Gasteiger partial charge in [-0.3, -0.25) is 41.8 Å². The summed E-state index contributed by atoms with van der Waals surface area (Å²) in [5.74, 6) is 0. The highest BCUT2D eigenvalue weighted by Crippen LogP contribution is 2.53. The average molecular weight is 636 g/mol.